The van der Waals surface area contributed by atoms with Crippen molar-refractivity contribution < 1.29 is 19.4 Å². The molecule has 1 rings (SSSR count). The van der Waals surface area contributed by atoms with Crippen LogP contribution in [-0.2, 0) is 16.0 Å². The number of carbonyl (C=O) groups is 2. The maximum absolute atomic E-state index is 11.5. The Kier molecular flexibility index (Phi) is 6.85. The lowest BCUT2D eigenvalue weighted by atomic mass is 10.1. The van der Waals surface area contributed by atoms with Gasteiger partial charge in [-0.3, -0.25) is 4.79 Å². The average Bonchev–Trinajstić information content (AvgIpc) is 2.41. The van der Waals surface area contributed by atoms with Crippen LogP contribution in [0, 0.1) is 0 Å². The third-order valence-electron chi connectivity index (χ3n) is 2.76. The van der Waals surface area contributed by atoms with Crippen LogP contribution in [0.25, 0.3) is 0 Å². The summed E-state index contributed by atoms with van der Waals surface area (Å²) < 4.78 is 5.09. The predicted molar refractivity (Wildman–Crippen MR) is 83.8 cm³/mol. The summed E-state index contributed by atoms with van der Waals surface area (Å²) in [6.07, 6.45) is -0.118. The van der Waals surface area contributed by atoms with Crippen LogP contribution in [0.4, 0.5) is 4.79 Å². The van der Waals surface area contributed by atoms with E-state index in [0.717, 1.165) is 5.56 Å². The number of carboxylic acids is 1. The van der Waals surface area contributed by atoms with Gasteiger partial charge in [0.05, 0.1) is 0 Å². The van der Waals surface area contributed by atoms with E-state index in [4.69, 9.17) is 4.74 Å². The van der Waals surface area contributed by atoms with Crippen LogP contribution in [0.3, 0.4) is 0 Å². The van der Waals surface area contributed by atoms with Crippen molar-refractivity contribution in [2.45, 2.75) is 38.8 Å². The number of alkyl carbamates (subject to hydrolysis) is 1. The van der Waals surface area contributed by atoms with Crippen molar-refractivity contribution >= 4 is 12.1 Å². The molecule has 0 aliphatic heterocycles. The summed E-state index contributed by atoms with van der Waals surface area (Å²) in [5.41, 5.74) is 0.400. The maximum atomic E-state index is 11.5. The number of rotatable bonds is 7. The first kappa shape index (κ1) is 18.0. The van der Waals surface area contributed by atoms with Crippen molar-refractivity contribution in [2.24, 2.45) is 0 Å². The second kappa shape index (κ2) is 8.38. The van der Waals surface area contributed by atoms with Crippen molar-refractivity contribution in [1.82, 2.24) is 10.6 Å². The molecule has 0 bridgehead atoms. The van der Waals surface area contributed by atoms with Gasteiger partial charge in [-0.2, -0.15) is 0 Å². The second-order valence-corrected chi connectivity index (χ2v) is 5.96. The van der Waals surface area contributed by atoms with Crippen LogP contribution < -0.4 is 10.6 Å². The van der Waals surface area contributed by atoms with E-state index in [1.807, 2.05) is 30.3 Å². The van der Waals surface area contributed by atoms with E-state index in [-0.39, 0.29) is 0 Å². The molecule has 0 aromatic heterocycles. The summed E-state index contributed by atoms with van der Waals surface area (Å²) in [6.45, 7) is 6.00. The van der Waals surface area contributed by atoms with Gasteiger partial charge >= 0.3 is 12.1 Å². The Labute approximate surface area is 130 Å². The van der Waals surface area contributed by atoms with Crippen LogP contribution in [0.2, 0.25) is 0 Å². The summed E-state index contributed by atoms with van der Waals surface area (Å²) in [7, 11) is 0. The quantitative estimate of drug-likeness (QED) is 0.669. The fourth-order valence-corrected chi connectivity index (χ4v) is 1.82. The van der Waals surface area contributed by atoms with Gasteiger partial charge < -0.3 is 20.5 Å². The average molecular weight is 308 g/mol. The molecule has 3 N–H and O–H groups in total. The molecule has 1 aromatic rings. The summed E-state index contributed by atoms with van der Waals surface area (Å²) >= 11 is 0. The normalized spacial score (nSPS) is 12.5. The number of hydrogen-bond acceptors (Lipinski definition) is 4. The summed E-state index contributed by atoms with van der Waals surface area (Å²) in [6, 6.07) is 8.71. The van der Waals surface area contributed by atoms with E-state index < -0.39 is 23.7 Å². The highest BCUT2D eigenvalue weighted by Crippen LogP contribution is 2.06. The third kappa shape index (κ3) is 7.64. The highest BCUT2D eigenvalue weighted by Gasteiger charge is 2.18. The molecule has 1 atom stereocenters. The minimum atomic E-state index is -0.916. The zero-order chi connectivity index (χ0) is 16.6. The Morgan fingerprint density at radius 3 is 2.36 bits per heavy atom. The molecule has 0 aliphatic rings. The summed E-state index contributed by atoms with van der Waals surface area (Å²) in [5.74, 6) is -0.916. The number of carbonyl (C=O) groups excluding carboxylic acids is 1. The molecule has 0 fully saturated rings. The maximum Gasteiger partial charge on any atom is 0.407 e. The Morgan fingerprint density at radius 1 is 1.18 bits per heavy atom. The number of amides is 1. The van der Waals surface area contributed by atoms with Crippen LogP contribution in [-0.4, -0.2) is 41.9 Å². The van der Waals surface area contributed by atoms with Gasteiger partial charge in [-0.15, -0.1) is 0 Å². The van der Waals surface area contributed by atoms with Gasteiger partial charge in [0, 0.05) is 13.1 Å². The van der Waals surface area contributed by atoms with Crippen molar-refractivity contribution in [2.75, 3.05) is 13.1 Å². The minimum absolute atomic E-state index is 0.299. The van der Waals surface area contributed by atoms with Gasteiger partial charge in [-0.1, -0.05) is 30.3 Å². The van der Waals surface area contributed by atoms with Gasteiger partial charge in [0.25, 0.3) is 0 Å². The second-order valence-electron chi connectivity index (χ2n) is 5.96. The molecule has 0 heterocycles. The van der Waals surface area contributed by atoms with Gasteiger partial charge in [0.15, 0.2) is 0 Å². The highest BCUT2D eigenvalue weighted by molar-refractivity contribution is 5.74. The monoisotopic (exact) mass is 308 g/mol. The van der Waals surface area contributed by atoms with E-state index in [1.165, 1.54) is 0 Å². The van der Waals surface area contributed by atoms with Crippen molar-refractivity contribution in [1.29, 1.82) is 0 Å². The Morgan fingerprint density at radius 2 is 1.82 bits per heavy atom. The predicted octanol–water partition coefficient (Wildman–Crippen LogP) is 1.80. The Hall–Kier alpha value is -2.08. The van der Waals surface area contributed by atoms with Gasteiger partial charge in [-0.05, 0) is 32.8 Å². The highest BCUT2D eigenvalue weighted by atomic mass is 16.6. The zero-order valence-corrected chi connectivity index (χ0v) is 13.3. The molecular formula is C16H24N2O4. The number of aliphatic carboxylic acids is 1. The molecule has 0 spiro atoms. The molecule has 6 heteroatoms. The summed E-state index contributed by atoms with van der Waals surface area (Å²) in [5, 5.41) is 14.7. The zero-order valence-electron chi connectivity index (χ0n) is 13.3. The first-order valence-corrected chi connectivity index (χ1v) is 7.25. The molecule has 22 heavy (non-hydrogen) atoms. The van der Waals surface area contributed by atoms with Crippen molar-refractivity contribution in [3.63, 3.8) is 0 Å². The third-order valence-corrected chi connectivity index (χ3v) is 2.76. The molecule has 0 aliphatic carbocycles. The standard InChI is InChI=1S/C16H24N2O4/c1-16(2,3)22-15(21)18-10-9-17-13(14(19)20)11-12-7-5-4-6-8-12/h4-8,13,17H,9-11H2,1-3H3,(H,18,21)(H,19,20)/t13-/m0/s1. The van der Waals surface area contributed by atoms with E-state index in [2.05, 4.69) is 10.6 Å². The first-order valence-electron chi connectivity index (χ1n) is 7.25. The molecule has 0 unspecified atom stereocenters. The Balaban J connectivity index is 2.34. The molecule has 6 nitrogen and oxygen atoms in total. The lowest BCUT2D eigenvalue weighted by Gasteiger charge is -2.20. The van der Waals surface area contributed by atoms with Gasteiger partial charge in [0.2, 0.25) is 0 Å². The molecule has 0 radical (unpaired) electrons. The van der Waals surface area contributed by atoms with Crippen molar-refractivity contribution in [3.05, 3.63) is 35.9 Å². The first-order chi connectivity index (χ1) is 10.3. The SMILES string of the molecule is CC(C)(C)OC(=O)NCCN[C@@H](Cc1ccccc1)C(=O)O. The van der Waals surface area contributed by atoms with Gasteiger partial charge in [-0.25, -0.2) is 4.79 Å². The number of benzene rings is 1. The Bertz CT molecular complexity index is 483. The number of hydrogen-bond donors (Lipinski definition) is 3. The molecule has 1 amide bonds. The largest absolute Gasteiger partial charge is 0.480 e. The van der Waals surface area contributed by atoms with Crippen LogP contribution in [0.5, 0.6) is 0 Å². The van der Waals surface area contributed by atoms with E-state index in [9.17, 15) is 14.7 Å². The molecular weight excluding hydrogens is 284 g/mol. The van der Waals surface area contributed by atoms with Crippen molar-refractivity contribution in [3.8, 4) is 0 Å². The van der Waals surface area contributed by atoms with E-state index >= 15 is 0 Å². The lowest BCUT2D eigenvalue weighted by Crippen LogP contribution is -2.43. The molecule has 1 aromatic carbocycles. The smallest absolute Gasteiger partial charge is 0.407 e. The number of carboxylic acid groups (broad SMARTS) is 1. The molecule has 0 saturated carbocycles. The lowest BCUT2D eigenvalue weighted by molar-refractivity contribution is -0.139. The van der Waals surface area contributed by atoms with Crippen LogP contribution >= 0.6 is 0 Å². The number of nitrogens with one attached hydrogen (secondary N) is 2. The van der Waals surface area contributed by atoms with E-state index in [1.54, 1.807) is 20.8 Å². The topological polar surface area (TPSA) is 87.7 Å². The minimum Gasteiger partial charge on any atom is -0.480 e. The van der Waals surface area contributed by atoms with E-state index in [0.29, 0.717) is 19.5 Å². The number of ether oxygens (including phenoxy) is 1. The summed E-state index contributed by atoms with van der Waals surface area (Å²) in [4.78, 5) is 22.7. The van der Waals surface area contributed by atoms with Gasteiger partial charge in [0.1, 0.15) is 11.6 Å². The fourth-order valence-electron chi connectivity index (χ4n) is 1.82. The van der Waals surface area contributed by atoms with Crippen LogP contribution in [0.15, 0.2) is 30.3 Å². The molecule has 122 valence electrons. The molecule has 0 saturated heterocycles. The van der Waals surface area contributed by atoms with Crippen LogP contribution in [0.1, 0.15) is 26.3 Å². The fraction of sp³-hybridized carbons (Fsp3) is 0.500.